The highest BCUT2D eigenvalue weighted by molar-refractivity contribution is 9.10. The molecule has 98 valence electrons. The molecule has 2 unspecified atom stereocenters. The molecule has 0 saturated carbocycles. The van der Waals surface area contributed by atoms with E-state index in [2.05, 4.69) is 21.1 Å². The second kappa shape index (κ2) is 5.13. The zero-order chi connectivity index (χ0) is 13.3. The highest BCUT2D eigenvalue weighted by Crippen LogP contribution is 2.27. The molecule has 1 aromatic rings. The van der Waals surface area contributed by atoms with Crippen molar-refractivity contribution in [2.24, 2.45) is 10.9 Å². The van der Waals surface area contributed by atoms with Gasteiger partial charge in [-0.15, -0.1) is 0 Å². The summed E-state index contributed by atoms with van der Waals surface area (Å²) < 4.78 is 0.799. The Morgan fingerprint density at radius 2 is 1.94 bits per heavy atom. The standard InChI is InChI=1S/C11H14BrN3O3/c12-6-1-2-8(7(3-6)11(13)14-18)15-4-9(16)10(17)5-15/h1-3,9-10,16-18H,4-5H2,(H2,13,14). The van der Waals surface area contributed by atoms with Crippen molar-refractivity contribution in [1.82, 2.24) is 0 Å². The molecule has 6 nitrogen and oxygen atoms in total. The summed E-state index contributed by atoms with van der Waals surface area (Å²) in [6.45, 7) is 0.628. The molecule has 1 saturated heterocycles. The number of benzene rings is 1. The van der Waals surface area contributed by atoms with E-state index in [0.717, 1.165) is 4.47 Å². The molecule has 5 N–H and O–H groups in total. The van der Waals surface area contributed by atoms with Gasteiger partial charge in [0.25, 0.3) is 0 Å². The molecular weight excluding hydrogens is 302 g/mol. The third-order valence-corrected chi connectivity index (χ3v) is 3.44. The smallest absolute Gasteiger partial charge is 0.172 e. The van der Waals surface area contributed by atoms with E-state index in [9.17, 15) is 10.2 Å². The number of amidine groups is 1. The third-order valence-electron chi connectivity index (χ3n) is 2.94. The van der Waals surface area contributed by atoms with Gasteiger partial charge in [-0.2, -0.15) is 0 Å². The van der Waals surface area contributed by atoms with Gasteiger partial charge in [0.1, 0.15) is 0 Å². The van der Waals surface area contributed by atoms with Crippen LogP contribution in [0.15, 0.2) is 27.8 Å². The van der Waals surface area contributed by atoms with Crippen molar-refractivity contribution in [2.45, 2.75) is 12.2 Å². The van der Waals surface area contributed by atoms with Crippen LogP contribution in [0.25, 0.3) is 0 Å². The fraction of sp³-hybridized carbons (Fsp3) is 0.364. The van der Waals surface area contributed by atoms with Crippen LogP contribution < -0.4 is 10.6 Å². The van der Waals surface area contributed by atoms with Crippen molar-refractivity contribution >= 4 is 27.5 Å². The van der Waals surface area contributed by atoms with Crippen LogP contribution >= 0.6 is 15.9 Å². The summed E-state index contributed by atoms with van der Waals surface area (Å²) in [4.78, 5) is 1.80. The van der Waals surface area contributed by atoms with E-state index in [1.165, 1.54) is 0 Å². The molecular formula is C11H14BrN3O3. The van der Waals surface area contributed by atoms with Crippen LogP contribution in [0.4, 0.5) is 5.69 Å². The number of nitrogens with two attached hydrogens (primary N) is 1. The van der Waals surface area contributed by atoms with Crippen LogP contribution in [0.1, 0.15) is 5.56 Å². The third kappa shape index (κ3) is 2.43. The Hall–Kier alpha value is -1.31. The number of halogens is 1. The number of aliphatic hydroxyl groups excluding tert-OH is 2. The molecule has 0 radical (unpaired) electrons. The van der Waals surface area contributed by atoms with E-state index in [1.807, 2.05) is 6.07 Å². The normalized spacial score (nSPS) is 24.6. The topological polar surface area (TPSA) is 102 Å². The molecule has 1 aromatic carbocycles. The Bertz CT molecular complexity index is 471. The second-order valence-corrected chi connectivity index (χ2v) is 5.10. The van der Waals surface area contributed by atoms with Crippen molar-refractivity contribution in [2.75, 3.05) is 18.0 Å². The summed E-state index contributed by atoms with van der Waals surface area (Å²) in [5.74, 6) is -0.0119. The number of nitrogens with zero attached hydrogens (tertiary/aromatic N) is 2. The van der Waals surface area contributed by atoms with E-state index < -0.39 is 12.2 Å². The van der Waals surface area contributed by atoms with Crippen molar-refractivity contribution in [3.63, 3.8) is 0 Å². The van der Waals surface area contributed by atoms with E-state index in [4.69, 9.17) is 10.9 Å². The Morgan fingerprint density at radius 3 is 2.50 bits per heavy atom. The Morgan fingerprint density at radius 1 is 1.33 bits per heavy atom. The minimum absolute atomic E-state index is 0.0119. The maximum Gasteiger partial charge on any atom is 0.172 e. The lowest BCUT2D eigenvalue weighted by Crippen LogP contribution is -2.25. The van der Waals surface area contributed by atoms with Gasteiger partial charge in [-0.05, 0) is 18.2 Å². The molecule has 7 heteroatoms. The van der Waals surface area contributed by atoms with E-state index >= 15 is 0 Å². The predicted molar refractivity (Wildman–Crippen MR) is 70.9 cm³/mol. The zero-order valence-corrected chi connectivity index (χ0v) is 11.1. The van der Waals surface area contributed by atoms with Crippen molar-refractivity contribution < 1.29 is 15.4 Å². The first kappa shape index (κ1) is 13.1. The monoisotopic (exact) mass is 315 g/mol. The number of rotatable bonds is 2. The lowest BCUT2D eigenvalue weighted by Gasteiger charge is -2.21. The van der Waals surface area contributed by atoms with Crippen LogP contribution in [0.5, 0.6) is 0 Å². The summed E-state index contributed by atoms with van der Waals surface area (Å²) in [6.07, 6.45) is -1.57. The van der Waals surface area contributed by atoms with Crippen molar-refractivity contribution in [3.8, 4) is 0 Å². The average Bonchev–Trinajstić information content (AvgIpc) is 2.68. The highest BCUT2D eigenvalue weighted by atomic mass is 79.9. The molecule has 0 spiro atoms. The van der Waals surface area contributed by atoms with E-state index in [1.54, 1.807) is 17.0 Å². The molecule has 18 heavy (non-hydrogen) atoms. The molecule has 0 aromatic heterocycles. The van der Waals surface area contributed by atoms with Gasteiger partial charge in [0, 0.05) is 28.8 Å². The Balaban J connectivity index is 2.39. The van der Waals surface area contributed by atoms with Gasteiger partial charge in [-0.25, -0.2) is 0 Å². The number of anilines is 1. The predicted octanol–water partition coefficient (Wildman–Crippen LogP) is 0.0854. The van der Waals surface area contributed by atoms with Crippen molar-refractivity contribution in [1.29, 1.82) is 0 Å². The quantitative estimate of drug-likeness (QED) is 0.268. The van der Waals surface area contributed by atoms with Gasteiger partial charge in [-0.3, -0.25) is 0 Å². The van der Waals surface area contributed by atoms with Crippen LogP contribution in [0.2, 0.25) is 0 Å². The number of hydrogen-bond donors (Lipinski definition) is 4. The minimum atomic E-state index is -0.784. The van der Waals surface area contributed by atoms with Gasteiger partial charge < -0.3 is 26.1 Å². The summed E-state index contributed by atoms with van der Waals surface area (Å²) in [5, 5.41) is 30.9. The van der Waals surface area contributed by atoms with Gasteiger partial charge in [0.15, 0.2) is 5.84 Å². The number of aliphatic hydroxyl groups is 2. The van der Waals surface area contributed by atoms with Gasteiger partial charge in [0.05, 0.1) is 12.2 Å². The molecule has 1 aliphatic rings. The SMILES string of the molecule is N/C(=N/O)c1cc(Br)ccc1N1CC(O)C(O)C1. The molecule has 0 bridgehead atoms. The Labute approximate surface area is 112 Å². The first-order valence-corrected chi connectivity index (χ1v) is 6.20. The number of oxime groups is 1. The summed E-state index contributed by atoms with van der Waals surface area (Å²) >= 11 is 3.32. The maximum absolute atomic E-state index is 9.56. The van der Waals surface area contributed by atoms with Gasteiger partial charge in [0.2, 0.25) is 0 Å². The number of β-amino-alcohol motifs (C(OH)–C–C–N with tert-alkyl or cyclic N) is 2. The van der Waals surface area contributed by atoms with Crippen LogP contribution in [-0.2, 0) is 0 Å². The largest absolute Gasteiger partial charge is 0.409 e. The highest BCUT2D eigenvalue weighted by Gasteiger charge is 2.31. The number of hydrogen-bond acceptors (Lipinski definition) is 5. The summed E-state index contributed by atoms with van der Waals surface area (Å²) in [5.41, 5.74) is 6.89. The lowest BCUT2D eigenvalue weighted by molar-refractivity contribution is 0.0572. The van der Waals surface area contributed by atoms with E-state index in [0.29, 0.717) is 24.3 Å². The average molecular weight is 316 g/mol. The first-order chi connectivity index (χ1) is 8.52. The van der Waals surface area contributed by atoms with Crippen LogP contribution in [0.3, 0.4) is 0 Å². The Kier molecular flexibility index (Phi) is 3.74. The fourth-order valence-corrected chi connectivity index (χ4v) is 2.37. The van der Waals surface area contributed by atoms with Gasteiger partial charge in [-0.1, -0.05) is 21.1 Å². The maximum atomic E-state index is 9.56. The van der Waals surface area contributed by atoms with Crippen molar-refractivity contribution in [3.05, 3.63) is 28.2 Å². The lowest BCUT2D eigenvalue weighted by atomic mass is 10.1. The fourth-order valence-electron chi connectivity index (χ4n) is 2.01. The first-order valence-electron chi connectivity index (χ1n) is 5.41. The summed E-state index contributed by atoms with van der Waals surface area (Å²) in [7, 11) is 0. The zero-order valence-electron chi connectivity index (χ0n) is 9.49. The molecule has 0 aliphatic carbocycles. The van der Waals surface area contributed by atoms with Crippen LogP contribution in [-0.4, -0.2) is 46.6 Å². The van der Waals surface area contributed by atoms with Gasteiger partial charge >= 0.3 is 0 Å². The van der Waals surface area contributed by atoms with Crippen LogP contribution in [0, 0.1) is 0 Å². The molecule has 1 fully saturated rings. The molecule has 1 aliphatic heterocycles. The molecule has 0 amide bonds. The minimum Gasteiger partial charge on any atom is -0.409 e. The molecule has 2 rings (SSSR count). The molecule has 1 heterocycles. The van der Waals surface area contributed by atoms with E-state index in [-0.39, 0.29) is 5.84 Å². The molecule has 2 atom stereocenters. The second-order valence-electron chi connectivity index (χ2n) is 4.19. The summed E-state index contributed by atoms with van der Waals surface area (Å²) in [6, 6.07) is 5.34.